The molecule has 2 unspecified atom stereocenters. The van der Waals surface area contributed by atoms with Crippen LogP contribution in [0, 0.1) is 0 Å². The number of nitrogens with one attached hydrogen (secondary N) is 1. The summed E-state index contributed by atoms with van der Waals surface area (Å²) in [7, 11) is 0. The summed E-state index contributed by atoms with van der Waals surface area (Å²) in [6, 6.07) is 8.76. The number of allylic oxidation sites excluding steroid dienone is 1. The molecule has 2 heteroatoms. The lowest BCUT2D eigenvalue weighted by Gasteiger charge is -2.23. The first-order valence-electron chi connectivity index (χ1n) is 6.44. The van der Waals surface area contributed by atoms with Crippen molar-refractivity contribution >= 4 is 0 Å². The van der Waals surface area contributed by atoms with Gasteiger partial charge in [-0.25, -0.2) is 0 Å². The Labute approximate surface area is 104 Å². The summed E-state index contributed by atoms with van der Waals surface area (Å²) in [4.78, 5) is 0. The van der Waals surface area contributed by atoms with Crippen LogP contribution in [0.25, 0.3) is 0 Å². The van der Waals surface area contributed by atoms with E-state index in [9.17, 15) is 0 Å². The third-order valence-corrected chi connectivity index (χ3v) is 3.27. The van der Waals surface area contributed by atoms with E-state index in [2.05, 4.69) is 37.0 Å². The van der Waals surface area contributed by atoms with Gasteiger partial charge in [0.25, 0.3) is 0 Å². The molecule has 1 aliphatic heterocycles. The SMILES string of the molecule is C=CCCC(NCC)C1Cc2ccccc2O1. The number of benzene rings is 1. The van der Waals surface area contributed by atoms with E-state index in [1.165, 1.54) is 5.56 Å². The Bertz CT molecular complexity index is 350. The zero-order valence-corrected chi connectivity index (χ0v) is 10.5. The normalized spacial score (nSPS) is 19.5. The summed E-state index contributed by atoms with van der Waals surface area (Å²) in [5.74, 6) is 1.05. The van der Waals surface area contributed by atoms with E-state index in [0.29, 0.717) is 6.04 Å². The van der Waals surface area contributed by atoms with E-state index >= 15 is 0 Å². The second kappa shape index (κ2) is 5.87. The third kappa shape index (κ3) is 2.89. The van der Waals surface area contributed by atoms with Crippen molar-refractivity contribution in [3.05, 3.63) is 42.5 Å². The van der Waals surface area contributed by atoms with E-state index in [4.69, 9.17) is 4.74 Å². The molecule has 2 nitrogen and oxygen atoms in total. The van der Waals surface area contributed by atoms with Crippen molar-refractivity contribution in [3.8, 4) is 5.75 Å². The molecular formula is C15H21NO. The van der Waals surface area contributed by atoms with Crippen LogP contribution in [0.3, 0.4) is 0 Å². The Morgan fingerprint density at radius 3 is 3.06 bits per heavy atom. The standard InChI is InChI=1S/C15H21NO/c1-3-5-9-13(16-4-2)15-11-12-8-6-7-10-14(12)17-15/h3,6-8,10,13,15-16H,1,4-5,9,11H2,2H3. The first-order chi connectivity index (χ1) is 8.35. The third-order valence-electron chi connectivity index (χ3n) is 3.27. The molecule has 2 atom stereocenters. The molecular weight excluding hydrogens is 210 g/mol. The van der Waals surface area contributed by atoms with Gasteiger partial charge >= 0.3 is 0 Å². The van der Waals surface area contributed by atoms with Gasteiger partial charge in [0.05, 0.1) is 0 Å². The topological polar surface area (TPSA) is 21.3 Å². The Balaban J connectivity index is 2.00. The van der Waals surface area contributed by atoms with Gasteiger partial charge in [0, 0.05) is 12.5 Å². The van der Waals surface area contributed by atoms with Crippen molar-refractivity contribution in [2.24, 2.45) is 0 Å². The van der Waals surface area contributed by atoms with Crippen molar-refractivity contribution in [1.82, 2.24) is 5.32 Å². The fourth-order valence-electron chi connectivity index (χ4n) is 2.41. The first kappa shape index (κ1) is 12.2. The molecule has 0 aromatic heterocycles. The van der Waals surface area contributed by atoms with E-state index in [-0.39, 0.29) is 6.10 Å². The smallest absolute Gasteiger partial charge is 0.123 e. The number of fused-ring (bicyclic) bond motifs is 1. The van der Waals surface area contributed by atoms with E-state index in [0.717, 1.165) is 31.6 Å². The van der Waals surface area contributed by atoms with Crippen molar-refractivity contribution in [2.45, 2.75) is 38.3 Å². The maximum atomic E-state index is 6.02. The van der Waals surface area contributed by atoms with Crippen LogP contribution in [0.2, 0.25) is 0 Å². The van der Waals surface area contributed by atoms with Crippen LogP contribution in [-0.4, -0.2) is 18.7 Å². The highest BCUT2D eigenvalue weighted by atomic mass is 16.5. The number of likely N-dealkylation sites (N-methyl/N-ethyl adjacent to an activating group) is 1. The summed E-state index contributed by atoms with van der Waals surface area (Å²) in [5.41, 5.74) is 1.33. The minimum absolute atomic E-state index is 0.271. The Morgan fingerprint density at radius 1 is 1.53 bits per heavy atom. The number of ether oxygens (including phenoxy) is 1. The van der Waals surface area contributed by atoms with Gasteiger partial charge in [-0.2, -0.15) is 0 Å². The predicted molar refractivity (Wildman–Crippen MR) is 71.5 cm³/mol. The molecule has 2 rings (SSSR count). The molecule has 17 heavy (non-hydrogen) atoms. The van der Waals surface area contributed by atoms with Gasteiger partial charge in [0.1, 0.15) is 11.9 Å². The minimum Gasteiger partial charge on any atom is -0.488 e. The van der Waals surface area contributed by atoms with Crippen LogP contribution in [-0.2, 0) is 6.42 Å². The van der Waals surface area contributed by atoms with Gasteiger partial charge in [0.15, 0.2) is 0 Å². The molecule has 0 fully saturated rings. The van der Waals surface area contributed by atoms with Crippen molar-refractivity contribution < 1.29 is 4.74 Å². The molecule has 1 aromatic rings. The Hall–Kier alpha value is -1.28. The van der Waals surface area contributed by atoms with E-state index in [1.807, 2.05) is 12.1 Å². The molecule has 0 bridgehead atoms. The maximum absolute atomic E-state index is 6.02. The van der Waals surface area contributed by atoms with Crippen molar-refractivity contribution in [3.63, 3.8) is 0 Å². The fraction of sp³-hybridized carbons (Fsp3) is 0.467. The zero-order valence-electron chi connectivity index (χ0n) is 10.5. The molecule has 92 valence electrons. The highest BCUT2D eigenvalue weighted by Crippen LogP contribution is 2.30. The lowest BCUT2D eigenvalue weighted by molar-refractivity contribution is 0.173. The second-order valence-electron chi connectivity index (χ2n) is 4.50. The molecule has 0 saturated carbocycles. The molecule has 0 amide bonds. The number of rotatable bonds is 6. The quantitative estimate of drug-likeness (QED) is 0.760. The van der Waals surface area contributed by atoms with Crippen LogP contribution in [0.4, 0.5) is 0 Å². The van der Waals surface area contributed by atoms with E-state index < -0.39 is 0 Å². The summed E-state index contributed by atoms with van der Waals surface area (Å²) in [5, 5.41) is 3.52. The molecule has 1 N–H and O–H groups in total. The van der Waals surface area contributed by atoms with Gasteiger partial charge in [-0.05, 0) is 31.0 Å². The molecule has 0 spiro atoms. The number of para-hydroxylation sites is 1. The Kier molecular flexibility index (Phi) is 4.21. The monoisotopic (exact) mass is 231 g/mol. The maximum Gasteiger partial charge on any atom is 0.123 e. The van der Waals surface area contributed by atoms with Gasteiger partial charge in [-0.15, -0.1) is 6.58 Å². The second-order valence-corrected chi connectivity index (χ2v) is 4.50. The molecule has 1 aliphatic rings. The Morgan fingerprint density at radius 2 is 2.35 bits per heavy atom. The van der Waals surface area contributed by atoms with Crippen LogP contribution in [0.15, 0.2) is 36.9 Å². The van der Waals surface area contributed by atoms with Gasteiger partial charge in [-0.3, -0.25) is 0 Å². The number of hydrogen-bond acceptors (Lipinski definition) is 2. The van der Waals surface area contributed by atoms with Gasteiger partial charge in [0.2, 0.25) is 0 Å². The van der Waals surface area contributed by atoms with Crippen molar-refractivity contribution in [2.75, 3.05) is 6.54 Å². The summed E-state index contributed by atoms with van der Waals surface area (Å²) < 4.78 is 6.02. The highest BCUT2D eigenvalue weighted by molar-refractivity contribution is 5.37. The first-order valence-corrected chi connectivity index (χ1v) is 6.44. The molecule has 1 heterocycles. The average Bonchev–Trinajstić information content (AvgIpc) is 2.78. The molecule has 0 saturated heterocycles. The fourth-order valence-corrected chi connectivity index (χ4v) is 2.41. The van der Waals surface area contributed by atoms with Crippen LogP contribution >= 0.6 is 0 Å². The van der Waals surface area contributed by atoms with Crippen molar-refractivity contribution in [1.29, 1.82) is 0 Å². The highest BCUT2D eigenvalue weighted by Gasteiger charge is 2.28. The molecule has 0 aliphatic carbocycles. The lowest BCUT2D eigenvalue weighted by Crippen LogP contribution is -2.42. The summed E-state index contributed by atoms with van der Waals surface area (Å²) in [6.45, 7) is 6.92. The summed E-state index contributed by atoms with van der Waals surface area (Å²) >= 11 is 0. The summed E-state index contributed by atoms with van der Waals surface area (Å²) in [6.07, 6.45) is 5.40. The lowest BCUT2D eigenvalue weighted by atomic mass is 10.0. The minimum atomic E-state index is 0.271. The van der Waals surface area contributed by atoms with Crippen LogP contribution in [0.1, 0.15) is 25.3 Å². The van der Waals surface area contributed by atoms with Crippen LogP contribution in [0.5, 0.6) is 5.75 Å². The zero-order chi connectivity index (χ0) is 12.1. The largest absolute Gasteiger partial charge is 0.488 e. The average molecular weight is 231 g/mol. The predicted octanol–water partition coefficient (Wildman–Crippen LogP) is 2.93. The van der Waals surface area contributed by atoms with E-state index in [1.54, 1.807) is 0 Å². The molecule has 1 aromatic carbocycles. The van der Waals surface area contributed by atoms with Crippen LogP contribution < -0.4 is 10.1 Å². The van der Waals surface area contributed by atoms with Gasteiger partial charge in [-0.1, -0.05) is 31.2 Å². The van der Waals surface area contributed by atoms with Gasteiger partial charge < -0.3 is 10.1 Å². The molecule has 0 radical (unpaired) electrons. The number of hydrogen-bond donors (Lipinski definition) is 1.